The fraction of sp³-hybridized carbons (Fsp3) is 0.167. The molecule has 2 heterocycles. The zero-order chi connectivity index (χ0) is 17.8. The monoisotopic (exact) mass is 333 g/mol. The van der Waals surface area contributed by atoms with Gasteiger partial charge in [-0.05, 0) is 43.7 Å². The van der Waals surface area contributed by atoms with E-state index in [2.05, 4.69) is 21.3 Å². The Kier molecular flexibility index (Phi) is 4.53. The summed E-state index contributed by atoms with van der Waals surface area (Å²) < 4.78 is 6.75. The second-order valence-corrected chi connectivity index (χ2v) is 5.30. The van der Waals surface area contributed by atoms with Gasteiger partial charge in [-0.15, -0.1) is 10.2 Å². The first-order valence-electron chi connectivity index (χ1n) is 7.70. The first-order chi connectivity index (χ1) is 12.1. The number of rotatable bonds is 4. The summed E-state index contributed by atoms with van der Waals surface area (Å²) in [7, 11) is 0. The number of nitrogens with zero attached hydrogens (tertiary/aromatic N) is 5. The normalized spacial score (nSPS) is 10.9. The van der Waals surface area contributed by atoms with E-state index in [-0.39, 0.29) is 12.3 Å². The van der Waals surface area contributed by atoms with Gasteiger partial charge in [-0.3, -0.25) is 4.40 Å². The Morgan fingerprint density at radius 2 is 2.16 bits per heavy atom. The summed E-state index contributed by atoms with van der Waals surface area (Å²) in [6.07, 6.45) is 1.82. The average molecular weight is 333 g/mol. The number of hydrogen-bond acceptors (Lipinski definition) is 6. The molecule has 7 nitrogen and oxygen atoms in total. The molecule has 0 spiro atoms. The molecular weight excluding hydrogens is 318 g/mol. The van der Waals surface area contributed by atoms with Crippen LogP contribution < -0.4 is 0 Å². The summed E-state index contributed by atoms with van der Waals surface area (Å²) in [6, 6.07) is 12.5. The first kappa shape index (κ1) is 16.3. The number of fused-ring (bicyclic) bond motifs is 1. The first-order valence-corrected chi connectivity index (χ1v) is 7.70. The van der Waals surface area contributed by atoms with Crippen LogP contribution in [0.1, 0.15) is 28.5 Å². The molecular formula is C18H15N5O2. The highest BCUT2D eigenvalue weighted by molar-refractivity contribution is 5.93. The molecule has 0 N–H and O–H groups in total. The molecule has 3 aromatic rings. The molecule has 0 aliphatic heterocycles. The van der Waals surface area contributed by atoms with Crippen molar-refractivity contribution in [2.45, 2.75) is 13.8 Å². The van der Waals surface area contributed by atoms with Gasteiger partial charge in [0.2, 0.25) is 0 Å². The summed E-state index contributed by atoms with van der Waals surface area (Å²) >= 11 is 0. The lowest BCUT2D eigenvalue weighted by atomic mass is 10.2. The molecule has 0 unspecified atom stereocenters. The van der Waals surface area contributed by atoms with Crippen LogP contribution in [-0.2, 0) is 4.74 Å². The third-order valence-corrected chi connectivity index (χ3v) is 3.45. The number of carbonyl (C=O) groups is 1. The fourth-order valence-corrected chi connectivity index (χ4v) is 2.31. The van der Waals surface area contributed by atoms with Crippen molar-refractivity contribution in [2.75, 3.05) is 6.61 Å². The van der Waals surface area contributed by atoms with Crippen LogP contribution in [0.15, 0.2) is 52.8 Å². The van der Waals surface area contributed by atoms with E-state index in [0.717, 1.165) is 5.56 Å². The van der Waals surface area contributed by atoms with E-state index in [1.54, 1.807) is 41.7 Å². The highest BCUT2D eigenvalue weighted by Crippen LogP contribution is 2.25. The molecule has 7 heteroatoms. The third-order valence-electron chi connectivity index (χ3n) is 3.45. The van der Waals surface area contributed by atoms with Crippen LogP contribution in [0, 0.1) is 18.3 Å². The van der Waals surface area contributed by atoms with Gasteiger partial charge in [0.25, 0.3) is 0 Å². The van der Waals surface area contributed by atoms with Gasteiger partial charge >= 0.3 is 5.97 Å². The minimum atomic E-state index is -0.552. The van der Waals surface area contributed by atoms with Crippen LogP contribution >= 0.6 is 0 Å². The van der Waals surface area contributed by atoms with Crippen LogP contribution in [0.4, 0.5) is 11.5 Å². The Hall–Kier alpha value is -3.53. The number of esters is 1. The second kappa shape index (κ2) is 6.93. The SMILES string of the molecule is CCOC(=O)c1nc2ccc(C)cn2c1N=Nc1cccc(C#N)c1. The van der Waals surface area contributed by atoms with Crippen molar-refractivity contribution < 1.29 is 9.53 Å². The van der Waals surface area contributed by atoms with Crippen LogP contribution in [0.25, 0.3) is 5.65 Å². The lowest BCUT2D eigenvalue weighted by Gasteiger charge is -2.00. The van der Waals surface area contributed by atoms with Crippen molar-refractivity contribution in [3.63, 3.8) is 0 Å². The fourth-order valence-electron chi connectivity index (χ4n) is 2.31. The van der Waals surface area contributed by atoms with Crippen molar-refractivity contribution in [3.8, 4) is 6.07 Å². The van der Waals surface area contributed by atoms with E-state index in [1.165, 1.54) is 0 Å². The number of aryl methyl sites for hydroxylation is 1. The van der Waals surface area contributed by atoms with Crippen molar-refractivity contribution in [1.82, 2.24) is 9.38 Å². The Morgan fingerprint density at radius 1 is 1.32 bits per heavy atom. The summed E-state index contributed by atoms with van der Waals surface area (Å²) in [5.41, 5.74) is 2.66. The molecule has 0 amide bonds. The predicted octanol–water partition coefficient (Wildman–Crippen LogP) is 4.11. The number of hydrogen-bond donors (Lipinski definition) is 0. The van der Waals surface area contributed by atoms with E-state index in [4.69, 9.17) is 10.00 Å². The topological polar surface area (TPSA) is 92.1 Å². The number of carbonyl (C=O) groups excluding carboxylic acids is 1. The number of ether oxygens (including phenoxy) is 1. The Morgan fingerprint density at radius 3 is 2.92 bits per heavy atom. The van der Waals surface area contributed by atoms with Crippen LogP contribution in [-0.4, -0.2) is 22.0 Å². The molecule has 0 saturated carbocycles. The third kappa shape index (κ3) is 3.38. The van der Waals surface area contributed by atoms with Crippen LogP contribution in [0.2, 0.25) is 0 Å². The number of imidazole rings is 1. The molecule has 0 atom stereocenters. The maximum Gasteiger partial charge on any atom is 0.360 e. The van der Waals surface area contributed by atoms with Gasteiger partial charge in [-0.1, -0.05) is 12.1 Å². The molecule has 2 aromatic heterocycles. The molecule has 0 saturated heterocycles. The summed E-state index contributed by atoms with van der Waals surface area (Å²) in [6.45, 7) is 3.90. The second-order valence-electron chi connectivity index (χ2n) is 5.30. The van der Waals surface area contributed by atoms with Gasteiger partial charge in [-0.2, -0.15) is 5.26 Å². The average Bonchev–Trinajstić information content (AvgIpc) is 2.98. The summed E-state index contributed by atoms with van der Waals surface area (Å²) in [4.78, 5) is 16.5. The van der Waals surface area contributed by atoms with Crippen molar-refractivity contribution in [1.29, 1.82) is 5.26 Å². The molecule has 0 radical (unpaired) electrons. The molecule has 1 aromatic carbocycles. The zero-order valence-corrected chi connectivity index (χ0v) is 13.8. The highest BCUT2D eigenvalue weighted by Gasteiger charge is 2.20. The number of benzene rings is 1. The molecule has 124 valence electrons. The van der Waals surface area contributed by atoms with E-state index < -0.39 is 5.97 Å². The van der Waals surface area contributed by atoms with Crippen molar-refractivity contribution >= 4 is 23.1 Å². The summed E-state index contributed by atoms with van der Waals surface area (Å²) in [5.74, 6) is -0.261. The van der Waals surface area contributed by atoms with Gasteiger partial charge < -0.3 is 4.74 Å². The maximum absolute atomic E-state index is 12.2. The smallest absolute Gasteiger partial charge is 0.360 e. The Labute approximate surface area is 144 Å². The summed E-state index contributed by atoms with van der Waals surface area (Å²) in [5, 5.41) is 17.3. The van der Waals surface area contributed by atoms with Crippen LogP contribution in [0.3, 0.4) is 0 Å². The van der Waals surface area contributed by atoms with Gasteiger partial charge in [0.15, 0.2) is 11.5 Å². The maximum atomic E-state index is 12.2. The van der Waals surface area contributed by atoms with E-state index in [0.29, 0.717) is 22.7 Å². The molecule has 25 heavy (non-hydrogen) atoms. The van der Waals surface area contributed by atoms with E-state index in [1.807, 2.05) is 19.2 Å². The Balaban J connectivity index is 2.10. The number of azo groups is 1. The molecule has 3 rings (SSSR count). The highest BCUT2D eigenvalue weighted by atomic mass is 16.5. The molecule has 0 aliphatic rings. The number of pyridine rings is 1. The van der Waals surface area contributed by atoms with Crippen molar-refractivity contribution in [3.05, 3.63) is 59.4 Å². The lowest BCUT2D eigenvalue weighted by Crippen LogP contribution is -2.05. The minimum Gasteiger partial charge on any atom is -0.461 e. The molecule has 0 aliphatic carbocycles. The Bertz CT molecular complexity index is 1010. The zero-order valence-electron chi connectivity index (χ0n) is 13.8. The van der Waals surface area contributed by atoms with Gasteiger partial charge in [0.05, 0.1) is 23.9 Å². The van der Waals surface area contributed by atoms with E-state index >= 15 is 0 Å². The molecule has 0 fully saturated rings. The predicted molar refractivity (Wildman–Crippen MR) is 91.2 cm³/mol. The van der Waals surface area contributed by atoms with Crippen LogP contribution in [0.5, 0.6) is 0 Å². The van der Waals surface area contributed by atoms with Gasteiger partial charge in [0.1, 0.15) is 5.65 Å². The number of aromatic nitrogens is 2. The van der Waals surface area contributed by atoms with Gasteiger partial charge in [0, 0.05) is 6.20 Å². The number of nitriles is 1. The van der Waals surface area contributed by atoms with E-state index in [9.17, 15) is 4.79 Å². The molecule has 0 bridgehead atoms. The van der Waals surface area contributed by atoms with Crippen molar-refractivity contribution in [2.24, 2.45) is 10.2 Å². The lowest BCUT2D eigenvalue weighted by molar-refractivity contribution is 0.0521. The minimum absolute atomic E-state index is 0.104. The largest absolute Gasteiger partial charge is 0.461 e. The quantitative estimate of drug-likeness (QED) is 0.530. The van der Waals surface area contributed by atoms with Gasteiger partial charge in [-0.25, -0.2) is 9.78 Å². The standard InChI is InChI=1S/C18H15N5O2/c1-3-25-18(24)16-17(23-11-12(2)7-8-15(23)20-16)22-21-14-6-4-5-13(9-14)10-19/h4-9,11H,3H2,1-2H3.